The van der Waals surface area contributed by atoms with Crippen LogP contribution in [0.15, 0.2) is 0 Å². The molecule has 0 heterocycles. The van der Waals surface area contributed by atoms with Gasteiger partial charge in [-0.1, -0.05) is 0 Å². The molecule has 0 unspecified atom stereocenters. The lowest BCUT2D eigenvalue weighted by Crippen LogP contribution is -2.31. The molecule has 48 valence electrons. The summed E-state index contributed by atoms with van der Waals surface area (Å²) in [5.41, 5.74) is 0. The lowest BCUT2D eigenvalue weighted by molar-refractivity contribution is -0.150. The number of esters is 1. The number of carbonyl (C=O) groups is 1. The van der Waals surface area contributed by atoms with Crippen LogP contribution >= 0.6 is 11.8 Å². The van der Waals surface area contributed by atoms with Gasteiger partial charge in [0.25, 0.3) is 0 Å². The average Bonchev–Trinajstić information content (AvgIpc) is 1.84. The van der Waals surface area contributed by atoms with Crippen molar-refractivity contribution in [3.05, 3.63) is 0 Å². The molecule has 0 aliphatic carbocycles. The smallest absolute Gasteiger partial charge is 0.351 e. The minimum absolute atomic E-state index is 0.806. The summed E-state index contributed by atoms with van der Waals surface area (Å²) < 4.78 is 4.07. The van der Waals surface area contributed by atoms with Crippen molar-refractivity contribution in [2.75, 3.05) is 7.11 Å². The molecule has 5 heteroatoms. The fourth-order valence-corrected chi connectivity index (χ4v) is 0.245. The Labute approximate surface area is 51.5 Å². The normalized spacial score (nSPS) is 12.9. The molecule has 0 aliphatic rings. The van der Waals surface area contributed by atoms with Gasteiger partial charge in [-0.25, -0.2) is 4.79 Å². The standard InChI is InChI=1S/C3H6ClNO3/c1-8-3(7)2(6)5-4/h2,5-6H,1H3/t2-/m0/s1. The topological polar surface area (TPSA) is 58.6 Å². The minimum atomic E-state index is -1.43. The fraction of sp³-hybridized carbons (Fsp3) is 0.667. The first-order valence-corrected chi connectivity index (χ1v) is 2.22. The van der Waals surface area contributed by atoms with Crippen LogP contribution in [0.2, 0.25) is 0 Å². The van der Waals surface area contributed by atoms with Gasteiger partial charge in [-0.2, -0.15) is 4.84 Å². The van der Waals surface area contributed by atoms with E-state index >= 15 is 0 Å². The van der Waals surface area contributed by atoms with Crippen LogP contribution in [0, 0.1) is 0 Å². The predicted octanol–water partition coefficient (Wildman–Crippen LogP) is -0.779. The van der Waals surface area contributed by atoms with E-state index in [1.54, 1.807) is 4.84 Å². The van der Waals surface area contributed by atoms with E-state index in [2.05, 4.69) is 4.74 Å². The van der Waals surface area contributed by atoms with Gasteiger partial charge in [0.15, 0.2) is 0 Å². The average molecular weight is 140 g/mol. The SMILES string of the molecule is COC(=O)[C@H](O)NCl. The summed E-state index contributed by atoms with van der Waals surface area (Å²) in [7, 11) is 1.15. The molecule has 0 fully saturated rings. The molecule has 8 heavy (non-hydrogen) atoms. The van der Waals surface area contributed by atoms with Crippen LogP contribution in [0.4, 0.5) is 0 Å². The number of carbonyl (C=O) groups excluding carboxylic acids is 1. The number of halogens is 1. The van der Waals surface area contributed by atoms with Gasteiger partial charge in [0.2, 0.25) is 6.23 Å². The second-order valence-corrected chi connectivity index (χ2v) is 1.25. The number of aliphatic hydroxyl groups is 1. The van der Waals surface area contributed by atoms with Crippen LogP contribution in [0.3, 0.4) is 0 Å². The quantitative estimate of drug-likeness (QED) is 0.299. The predicted molar refractivity (Wildman–Crippen MR) is 27.0 cm³/mol. The molecule has 0 saturated carbocycles. The largest absolute Gasteiger partial charge is 0.466 e. The summed E-state index contributed by atoms with van der Waals surface area (Å²) in [6.45, 7) is 0. The van der Waals surface area contributed by atoms with Gasteiger partial charge >= 0.3 is 5.97 Å². The lowest BCUT2D eigenvalue weighted by Gasteiger charge is -2.01. The molecule has 0 spiro atoms. The Hall–Kier alpha value is -0.320. The highest BCUT2D eigenvalue weighted by molar-refractivity contribution is 6.14. The van der Waals surface area contributed by atoms with E-state index in [9.17, 15) is 4.79 Å². The van der Waals surface area contributed by atoms with Gasteiger partial charge in [-0.15, -0.1) is 0 Å². The Kier molecular flexibility index (Phi) is 3.51. The molecule has 0 aromatic carbocycles. The molecule has 2 N–H and O–H groups in total. The lowest BCUT2D eigenvalue weighted by atomic mass is 10.6. The number of methoxy groups -OCH3 is 1. The Morgan fingerprint density at radius 2 is 2.50 bits per heavy atom. The van der Waals surface area contributed by atoms with E-state index in [1.165, 1.54) is 0 Å². The number of hydrogen-bond donors (Lipinski definition) is 2. The third-order valence-electron chi connectivity index (χ3n) is 0.528. The summed E-state index contributed by atoms with van der Waals surface area (Å²) in [5.74, 6) is -0.806. The van der Waals surface area contributed by atoms with Gasteiger partial charge < -0.3 is 9.84 Å². The number of rotatable bonds is 2. The van der Waals surface area contributed by atoms with Crippen LogP contribution in [-0.4, -0.2) is 24.4 Å². The summed E-state index contributed by atoms with van der Waals surface area (Å²) in [4.78, 5) is 11.9. The molecular weight excluding hydrogens is 133 g/mol. The van der Waals surface area contributed by atoms with Crippen molar-refractivity contribution >= 4 is 17.7 Å². The van der Waals surface area contributed by atoms with E-state index in [4.69, 9.17) is 16.9 Å². The fourth-order valence-electron chi connectivity index (χ4n) is 0.156. The number of nitrogens with one attached hydrogen (secondary N) is 1. The monoisotopic (exact) mass is 139 g/mol. The van der Waals surface area contributed by atoms with Gasteiger partial charge in [0.1, 0.15) is 0 Å². The molecular formula is C3H6ClNO3. The Bertz CT molecular complexity index is 86.6. The third-order valence-corrected chi connectivity index (χ3v) is 0.734. The van der Waals surface area contributed by atoms with Gasteiger partial charge in [-0.3, -0.25) is 0 Å². The van der Waals surface area contributed by atoms with E-state index in [0.29, 0.717) is 0 Å². The maximum absolute atomic E-state index is 10.1. The number of ether oxygens (including phenoxy) is 1. The Morgan fingerprint density at radius 1 is 2.00 bits per heavy atom. The summed E-state index contributed by atoms with van der Waals surface area (Å²) in [6.07, 6.45) is -1.43. The van der Waals surface area contributed by atoms with Crippen molar-refractivity contribution in [1.29, 1.82) is 0 Å². The van der Waals surface area contributed by atoms with Crippen molar-refractivity contribution in [2.24, 2.45) is 0 Å². The zero-order chi connectivity index (χ0) is 6.57. The zero-order valence-corrected chi connectivity index (χ0v) is 4.97. The van der Waals surface area contributed by atoms with Crippen molar-refractivity contribution in [3.8, 4) is 0 Å². The molecule has 0 saturated heterocycles. The van der Waals surface area contributed by atoms with Crippen LogP contribution in [0.1, 0.15) is 0 Å². The second-order valence-electron chi connectivity index (χ2n) is 1.03. The first kappa shape index (κ1) is 7.68. The molecule has 0 rings (SSSR count). The highest BCUT2D eigenvalue weighted by atomic mass is 35.5. The summed E-state index contributed by atoms with van der Waals surface area (Å²) >= 11 is 4.82. The first-order valence-electron chi connectivity index (χ1n) is 1.84. The van der Waals surface area contributed by atoms with Gasteiger partial charge in [0.05, 0.1) is 7.11 Å². The summed E-state index contributed by atoms with van der Waals surface area (Å²) in [6, 6.07) is 0. The molecule has 0 aliphatic heterocycles. The van der Waals surface area contributed by atoms with Crippen molar-refractivity contribution < 1.29 is 14.6 Å². The van der Waals surface area contributed by atoms with E-state index < -0.39 is 12.2 Å². The molecule has 4 nitrogen and oxygen atoms in total. The van der Waals surface area contributed by atoms with Crippen LogP contribution in [-0.2, 0) is 9.53 Å². The van der Waals surface area contributed by atoms with E-state index in [0.717, 1.165) is 7.11 Å². The van der Waals surface area contributed by atoms with Gasteiger partial charge in [-0.05, 0) is 11.8 Å². The highest BCUT2D eigenvalue weighted by Crippen LogP contribution is 1.81. The van der Waals surface area contributed by atoms with Crippen molar-refractivity contribution in [3.63, 3.8) is 0 Å². The highest BCUT2D eigenvalue weighted by Gasteiger charge is 2.11. The molecule has 0 aromatic heterocycles. The molecule has 0 amide bonds. The second kappa shape index (κ2) is 3.65. The maximum atomic E-state index is 10.1. The van der Waals surface area contributed by atoms with E-state index in [1.807, 2.05) is 0 Å². The van der Waals surface area contributed by atoms with Gasteiger partial charge in [0, 0.05) is 0 Å². The van der Waals surface area contributed by atoms with Crippen LogP contribution in [0.25, 0.3) is 0 Å². The summed E-state index contributed by atoms with van der Waals surface area (Å²) in [5, 5.41) is 8.41. The first-order chi connectivity index (χ1) is 3.72. The Morgan fingerprint density at radius 3 is 2.62 bits per heavy atom. The molecule has 0 aromatic rings. The maximum Gasteiger partial charge on any atom is 0.351 e. The molecule has 0 radical (unpaired) electrons. The van der Waals surface area contributed by atoms with Crippen LogP contribution in [0.5, 0.6) is 0 Å². The van der Waals surface area contributed by atoms with Crippen molar-refractivity contribution in [1.82, 2.24) is 4.84 Å². The number of hydrogen-bond acceptors (Lipinski definition) is 4. The molecule has 1 atom stereocenters. The van der Waals surface area contributed by atoms with Crippen LogP contribution < -0.4 is 4.84 Å². The third kappa shape index (κ3) is 2.11. The molecule has 0 bridgehead atoms. The minimum Gasteiger partial charge on any atom is -0.466 e. The Balaban J connectivity index is 3.46. The zero-order valence-electron chi connectivity index (χ0n) is 4.22. The number of aliphatic hydroxyl groups excluding tert-OH is 1. The van der Waals surface area contributed by atoms with E-state index in [-0.39, 0.29) is 0 Å². The van der Waals surface area contributed by atoms with Crippen molar-refractivity contribution in [2.45, 2.75) is 6.23 Å².